The molecule has 0 atom stereocenters. The Morgan fingerprint density at radius 2 is 1.06 bits per heavy atom. The van der Waals surface area contributed by atoms with Crippen molar-refractivity contribution in [2.45, 2.75) is 0 Å². The molecular formula is C29H18N6O. The molecule has 7 aromatic rings. The summed E-state index contributed by atoms with van der Waals surface area (Å²) in [5, 5.41) is 0. The lowest BCUT2D eigenvalue weighted by Gasteiger charge is -2.08. The first kappa shape index (κ1) is 20.2. The predicted molar refractivity (Wildman–Crippen MR) is 140 cm³/mol. The molecule has 0 unspecified atom stereocenters. The van der Waals surface area contributed by atoms with E-state index in [4.69, 9.17) is 19.9 Å². The Kier molecular flexibility index (Phi) is 4.47. The van der Waals surface area contributed by atoms with Gasteiger partial charge >= 0.3 is 0 Å². The van der Waals surface area contributed by atoms with E-state index in [2.05, 4.69) is 9.97 Å². The maximum absolute atomic E-state index is 13.1. The third-order valence-corrected chi connectivity index (χ3v) is 6.19. The number of carbonyl (C=O) groups excluding carboxylic acids is 1. The van der Waals surface area contributed by atoms with Gasteiger partial charge in [-0.15, -0.1) is 0 Å². The number of imidazole rings is 2. The first-order valence-corrected chi connectivity index (χ1v) is 11.5. The van der Waals surface area contributed by atoms with E-state index in [1.54, 1.807) is 12.1 Å². The lowest BCUT2D eigenvalue weighted by atomic mass is 10.0. The van der Waals surface area contributed by atoms with Gasteiger partial charge in [-0.25, -0.2) is 19.9 Å². The Balaban J connectivity index is 1.45. The molecule has 0 radical (unpaired) electrons. The molecule has 3 aromatic heterocycles. The largest absolute Gasteiger partial charge is 0.337 e. The van der Waals surface area contributed by atoms with Gasteiger partial charge in [0.25, 0.3) is 0 Å². The summed E-state index contributed by atoms with van der Waals surface area (Å²) in [6.45, 7) is 0. The van der Waals surface area contributed by atoms with Crippen molar-refractivity contribution in [1.29, 1.82) is 0 Å². The minimum atomic E-state index is -0.0639. The minimum absolute atomic E-state index is 0.0639. The predicted octanol–water partition coefficient (Wildman–Crippen LogP) is 5.95. The number of H-pyrrole nitrogens is 2. The quantitative estimate of drug-likeness (QED) is 0.312. The molecule has 7 rings (SSSR count). The molecule has 0 saturated heterocycles. The summed E-state index contributed by atoms with van der Waals surface area (Å²) in [6.07, 6.45) is 0. The number of ketones is 1. The van der Waals surface area contributed by atoms with Crippen molar-refractivity contribution in [3.63, 3.8) is 0 Å². The highest BCUT2D eigenvalue weighted by molar-refractivity contribution is 6.10. The van der Waals surface area contributed by atoms with E-state index in [0.29, 0.717) is 45.2 Å². The number of rotatable bonds is 4. The molecule has 2 N–H and O–H groups in total. The summed E-state index contributed by atoms with van der Waals surface area (Å²) in [6, 6.07) is 30.3. The number of hydrogen-bond acceptors (Lipinski definition) is 5. The molecule has 0 fully saturated rings. The van der Waals surface area contributed by atoms with Gasteiger partial charge < -0.3 is 9.97 Å². The number of para-hydroxylation sites is 4. The van der Waals surface area contributed by atoms with E-state index in [1.807, 2.05) is 84.9 Å². The van der Waals surface area contributed by atoms with Gasteiger partial charge in [0, 0.05) is 11.1 Å². The SMILES string of the molecule is O=C(c1ccccc1)c1ccc2nc(-c3nc4ccccc4[nH]3)c(-c3nc4ccccc4[nH]3)nc2c1. The number of carbonyl (C=O) groups is 1. The van der Waals surface area contributed by atoms with Crippen LogP contribution in [0, 0.1) is 0 Å². The average Bonchev–Trinajstić information content (AvgIpc) is 3.56. The first-order valence-electron chi connectivity index (χ1n) is 11.5. The van der Waals surface area contributed by atoms with Gasteiger partial charge in [-0.05, 0) is 42.5 Å². The van der Waals surface area contributed by atoms with Gasteiger partial charge in [0.05, 0.1) is 33.1 Å². The molecule has 0 aliphatic carbocycles. The van der Waals surface area contributed by atoms with E-state index in [9.17, 15) is 4.79 Å². The van der Waals surface area contributed by atoms with Gasteiger partial charge in [0.1, 0.15) is 11.4 Å². The standard InChI is InChI=1S/C29H18N6O/c36-27(17-8-2-1-3-9-17)18-14-15-23-24(16-18)31-26(29-34-21-12-6-7-13-22(21)35-29)25(30-23)28-32-19-10-4-5-11-20(19)33-28/h1-16H,(H,32,33)(H,34,35). The second-order valence-corrected chi connectivity index (χ2v) is 8.52. The number of hydrogen-bond donors (Lipinski definition) is 2. The van der Waals surface area contributed by atoms with E-state index in [-0.39, 0.29) is 5.78 Å². The normalized spacial score (nSPS) is 11.4. The van der Waals surface area contributed by atoms with Crippen LogP contribution in [0.1, 0.15) is 15.9 Å². The number of nitrogens with one attached hydrogen (secondary N) is 2. The zero-order valence-corrected chi connectivity index (χ0v) is 18.9. The number of aromatic amines is 2. The molecule has 170 valence electrons. The third-order valence-electron chi connectivity index (χ3n) is 6.19. The smallest absolute Gasteiger partial charge is 0.193 e. The van der Waals surface area contributed by atoms with E-state index in [0.717, 1.165) is 22.1 Å². The Hall–Kier alpha value is -5.17. The maximum Gasteiger partial charge on any atom is 0.193 e. The Bertz CT molecular complexity index is 1850. The fourth-order valence-electron chi connectivity index (χ4n) is 4.41. The lowest BCUT2D eigenvalue weighted by Crippen LogP contribution is -2.03. The summed E-state index contributed by atoms with van der Waals surface area (Å²) in [7, 11) is 0. The number of aromatic nitrogens is 6. The van der Waals surface area contributed by atoms with Crippen LogP contribution in [0.3, 0.4) is 0 Å². The van der Waals surface area contributed by atoms with Gasteiger partial charge in [0.2, 0.25) is 0 Å². The third kappa shape index (κ3) is 3.33. The minimum Gasteiger partial charge on any atom is -0.337 e. The number of benzene rings is 4. The topological polar surface area (TPSA) is 100 Å². The van der Waals surface area contributed by atoms with Crippen LogP contribution in [0.2, 0.25) is 0 Å². The van der Waals surface area contributed by atoms with Crippen molar-refractivity contribution < 1.29 is 4.79 Å². The highest BCUT2D eigenvalue weighted by Crippen LogP contribution is 2.31. The second kappa shape index (κ2) is 7.95. The highest BCUT2D eigenvalue weighted by atomic mass is 16.1. The maximum atomic E-state index is 13.1. The zero-order valence-electron chi connectivity index (χ0n) is 18.9. The van der Waals surface area contributed by atoms with Crippen molar-refractivity contribution in [2.24, 2.45) is 0 Å². The molecule has 0 bridgehead atoms. The fourth-order valence-corrected chi connectivity index (χ4v) is 4.41. The lowest BCUT2D eigenvalue weighted by molar-refractivity contribution is 0.103. The van der Waals surface area contributed by atoms with Gasteiger partial charge in [-0.2, -0.15) is 0 Å². The van der Waals surface area contributed by atoms with Crippen LogP contribution < -0.4 is 0 Å². The van der Waals surface area contributed by atoms with Crippen molar-refractivity contribution >= 4 is 38.9 Å². The summed E-state index contributed by atoms with van der Waals surface area (Å²) in [5.74, 6) is 1.12. The summed E-state index contributed by atoms with van der Waals surface area (Å²) in [4.78, 5) is 39.2. The van der Waals surface area contributed by atoms with Crippen LogP contribution in [0.25, 0.3) is 56.1 Å². The van der Waals surface area contributed by atoms with E-state index >= 15 is 0 Å². The summed E-state index contributed by atoms with van der Waals surface area (Å²) < 4.78 is 0. The summed E-state index contributed by atoms with van der Waals surface area (Å²) in [5.41, 5.74) is 7.07. The molecular weight excluding hydrogens is 448 g/mol. The Morgan fingerprint density at radius 3 is 1.67 bits per heavy atom. The van der Waals surface area contributed by atoms with Gasteiger partial charge in [-0.1, -0.05) is 54.6 Å². The first-order chi connectivity index (χ1) is 17.7. The van der Waals surface area contributed by atoms with Crippen molar-refractivity contribution in [2.75, 3.05) is 0 Å². The van der Waals surface area contributed by atoms with E-state index in [1.165, 1.54) is 0 Å². The monoisotopic (exact) mass is 466 g/mol. The molecule has 0 aliphatic rings. The highest BCUT2D eigenvalue weighted by Gasteiger charge is 2.20. The number of nitrogens with zero attached hydrogens (tertiary/aromatic N) is 4. The van der Waals surface area contributed by atoms with Gasteiger partial charge in [0.15, 0.2) is 17.4 Å². The molecule has 3 heterocycles. The van der Waals surface area contributed by atoms with E-state index < -0.39 is 0 Å². The van der Waals surface area contributed by atoms with Crippen LogP contribution in [-0.4, -0.2) is 35.7 Å². The van der Waals surface area contributed by atoms with Crippen LogP contribution in [0.15, 0.2) is 97.1 Å². The average molecular weight is 467 g/mol. The molecule has 0 aliphatic heterocycles. The fraction of sp³-hybridized carbons (Fsp3) is 0. The Morgan fingerprint density at radius 1 is 0.500 bits per heavy atom. The van der Waals surface area contributed by atoms with Crippen LogP contribution in [-0.2, 0) is 0 Å². The molecule has 0 spiro atoms. The van der Waals surface area contributed by atoms with Crippen LogP contribution in [0.4, 0.5) is 0 Å². The molecule has 7 nitrogen and oxygen atoms in total. The zero-order chi connectivity index (χ0) is 24.1. The van der Waals surface area contributed by atoms with Gasteiger partial charge in [-0.3, -0.25) is 4.79 Å². The molecule has 0 amide bonds. The van der Waals surface area contributed by atoms with Crippen molar-refractivity contribution in [3.8, 4) is 23.0 Å². The molecule has 4 aromatic carbocycles. The molecule has 7 heteroatoms. The van der Waals surface area contributed by atoms with Crippen molar-refractivity contribution in [1.82, 2.24) is 29.9 Å². The van der Waals surface area contributed by atoms with Crippen LogP contribution >= 0.6 is 0 Å². The Labute approximate surface area is 204 Å². The van der Waals surface area contributed by atoms with Crippen LogP contribution in [0.5, 0.6) is 0 Å². The number of fused-ring (bicyclic) bond motifs is 3. The summed E-state index contributed by atoms with van der Waals surface area (Å²) >= 11 is 0. The molecule has 36 heavy (non-hydrogen) atoms. The van der Waals surface area contributed by atoms with Crippen molar-refractivity contribution in [3.05, 3.63) is 108 Å². The molecule has 0 saturated carbocycles. The second-order valence-electron chi connectivity index (χ2n) is 8.52.